The second-order valence-corrected chi connectivity index (χ2v) is 7.25. The van der Waals surface area contributed by atoms with Crippen molar-refractivity contribution in [3.8, 4) is 0 Å². The Morgan fingerprint density at radius 2 is 1.69 bits per heavy atom. The molecule has 3 aromatic rings. The largest absolute Gasteiger partial charge is 0.507 e. The molecule has 1 aliphatic rings. The van der Waals surface area contributed by atoms with Gasteiger partial charge >= 0.3 is 6.18 Å². The lowest BCUT2D eigenvalue weighted by Crippen LogP contribution is -2.29. The molecule has 162 valence electrons. The number of ketones is 1. The molecule has 1 atom stereocenters. The molecular formula is C24H17F3N2O3. The molecule has 1 unspecified atom stereocenters. The van der Waals surface area contributed by atoms with Gasteiger partial charge in [0.25, 0.3) is 11.7 Å². The fourth-order valence-corrected chi connectivity index (χ4v) is 3.68. The summed E-state index contributed by atoms with van der Waals surface area (Å²) in [5, 5.41) is 10.9. The molecule has 0 saturated carbocycles. The van der Waals surface area contributed by atoms with Gasteiger partial charge in [0.2, 0.25) is 0 Å². The second-order valence-electron chi connectivity index (χ2n) is 7.25. The predicted octanol–water partition coefficient (Wildman–Crippen LogP) is 4.72. The first-order valence-corrected chi connectivity index (χ1v) is 9.68. The number of halogens is 3. The summed E-state index contributed by atoms with van der Waals surface area (Å²) in [6.45, 7) is -0.263. The number of alkyl halides is 3. The summed E-state index contributed by atoms with van der Waals surface area (Å²) in [4.78, 5) is 31.2. The predicted molar refractivity (Wildman–Crippen MR) is 110 cm³/mol. The van der Waals surface area contributed by atoms with Crippen molar-refractivity contribution in [2.75, 3.05) is 0 Å². The zero-order valence-electron chi connectivity index (χ0n) is 16.6. The Bertz CT molecular complexity index is 1190. The molecule has 1 saturated heterocycles. The molecule has 5 nitrogen and oxygen atoms in total. The summed E-state index contributed by atoms with van der Waals surface area (Å²) < 4.78 is 39.4. The number of pyridine rings is 1. The van der Waals surface area contributed by atoms with Crippen molar-refractivity contribution in [2.45, 2.75) is 18.8 Å². The van der Waals surface area contributed by atoms with E-state index in [9.17, 15) is 27.9 Å². The van der Waals surface area contributed by atoms with Crippen LogP contribution in [0.4, 0.5) is 13.2 Å². The average molecular weight is 438 g/mol. The Balaban J connectivity index is 1.82. The van der Waals surface area contributed by atoms with Gasteiger partial charge in [0.1, 0.15) is 11.8 Å². The fraction of sp³-hybridized carbons (Fsp3) is 0.125. The van der Waals surface area contributed by atoms with Crippen LogP contribution in [0.2, 0.25) is 0 Å². The van der Waals surface area contributed by atoms with Gasteiger partial charge in [-0.3, -0.25) is 14.6 Å². The van der Waals surface area contributed by atoms with Gasteiger partial charge in [0.15, 0.2) is 0 Å². The summed E-state index contributed by atoms with van der Waals surface area (Å²) in [7, 11) is 0. The summed E-state index contributed by atoms with van der Waals surface area (Å²) in [6.07, 6.45) is -3.07. The van der Waals surface area contributed by atoms with Gasteiger partial charge in [-0.1, -0.05) is 48.5 Å². The van der Waals surface area contributed by atoms with Crippen molar-refractivity contribution in [1.29, 1.82) is 0 Å². The number of carbonyl (C=O) groups excluding carboxylic acids is 2. The molecule has 32 heavy (non-hydrogen) atoms. The van der Waals surface area contributed by atoms with Crippen LogP contribution in [0.15, 0.2) is 84.6 Å². The van der Waals surface area contributed by atoms with E-state index in [-0.39, 0.29) is 23.4 Å². The number of aromatic nitrogens is 1. The number of aliphatic hydroxyl groups excluding tert-OH is 1. The zero-order valence-corrected chi connectivity index (χ0v) is 16.6. The van der Waals surface area contributed by atoms with Gasteiger partial charge in [-0.25, -0.2) is 0 Å². The SMILES string of the molecule is O=C1C(=O)N(Cc2cccc(C(F)(F)F)c2)C(c2ccccn2)/C1=C(\O)c1ccccc1. The Morgan fingerprint density at radius 3 is 2.34 bits per heavy atom. The van der Waals surface area contributed by atoms with E-state index in [4.69, 9.17) is 0 Å². The number of likely N-dealkylation sites (tertiary alicyclic amines) is 1. The molecule has 1 aliphatic heterocycles. The number of aliphatic hydroxyl groups is 1. The topological polar surface area (TPSA) is 70.5 Å². The summed E-state index contributed by atoms with van der Waals surface area (Å²) in [6, 6.07) is 16.7. The Kier molecular flexibility index (Phi) is 5.52. The Hall–Kier alpha value is -3.94. The minimum Gasteiger partial charge on any atom is -0.507 e. The molecule has 1 amide bonds. The van der Waals surface area contributed by atoms with E-state index in [1.165, 1.54) is 18.3 Å². The monoisotopic (exact) mass is 438 g/mol. The van der Waals surface area contributed by atoms with Crippen molar-refractivity contribution < 1.29 is 27.9 Å². The first-order valence-electron chi connectivity index (χ1n) is 9.68. The maximum atomic E-state index is 13.1. The number of carbonyl (C=O) groups is 2. The molecular weight excluding hydrogens is 421 g/mol. The maximum Gasteiger partial charge on any atom is 0.416 e. The van der Waals surface area contributed by atoms with Gasteiger partial charge < -0.3 is 10.0 Å². The number of hydrogen-bond donors (Lipinski definition) is 1. The van der Waals surface area contributed by atoms with Crippen LogP contribution >= 0.6 is 0 Å². The fourth-order valence-electron chi connectivity index (χ4n) is 3.68. The number of hydrogen-bond acceptors (Lipinski definition) is 4. The molecule has 0 aliphatic carbocycles. The summed E-state index contributed by atoms with van der Waals surface area (Å²) in [5.74, 6) is -2.21. The highest BCUT2D eigenvalue weighted by molar-refractivity contribution is 6.46. The van der Waals surface area contributed by atoms with Crippen LogP contribution < -0.4 is 0 Å². The Morgan fingerprint density at radius 1 is 0.969 bits per heavy atom. The highest BCUT2D eigenvalue weighted by Crippen LogP contribution is 2.39. The van der Waals surface area contributed by atoms with E-state index in [1.807, 2.05) is 0 Å². The first-order chi connectivity index (χ1) is 15.3. The first kappa shape index (κ1) is 21.3. The van der Waals surface area contributed by atoms with Crippen molar-refractivity contribution in [1.82, 2.24) is 9.88 Å². The van der Waals surface area contributed by atoms with Crippen LogP contribution in [0.1, 0.15) is 28.4 Å². The number of nitrogens with zero attached hydrogens (tertiary/aromatic N) is 2. The lowest BCUT2D eigenvalue weighted by atomic mass is 9.98. The van der Waals surface area contributed by atoms with Gasteiger partial charge in [0, 0.05) is 18.3 Å². The summed E-state index contributed by atoms with van der Waals surface area (Å²) in [5.41, 5.74) is -0.166. The van der Waals surface area contributed by atoms with Crippen LogP contribution in [-0.4, -0.2) is 26.7 Å². The molecule has 2 heterocycles. The van der Waals surface area contributed by atoms with Crippen molar-refractivity contribution in [3.63, 3.8) is 0 Å². The molecule has 0 radical (unpaired) electrons. The van der Waals surface area contributed by atoms with E-state index >= 15 is 0 Å². The zero-order chi connectivity index (χ0) is 22.9. The average Bonchev–Trinajstić information content (AvgIpc) is 3.04. The molecule has 4 rings (SSSR count). The van der Waals surface area contributed by atoms with Gasteiger partial charge in [-0.2, -0.15) is 13.2 Å². The van der Waals surface area contributed by atoms with Crippen molar-refractivity contribution in [2.24, 2.45) is 0 Å². The quantitative estimate of drug-likeness (QED) is 0.364. The summed E-state index contributed by atoms with van der Waals surface area (Å²) >= 11 is 0. The van der Waals surface area contributed by atoms with Crippen LogP contribution in [0.25, 0.3) is 5.76 Å². The van der Waals surface area contributed by atoms with Crippen LogP contribution in [0.5, 0.6) is 0 Å². The van der Waals surface area contributed by atoms with Gasteiger partial charge in [-0.15, -0.1) is 0 Å². The van der Waals surface area contributed by atoms with E-state index in [1.54, 1.807) is 48.5 Å². The van der Waals surface area contributed by atoms with E-state index in [0.29, 0.717) is 11.3 Å². The lowest BCUT2D eigenvalue weighted by Gasteiger charge is -2.25. The third-order valence-electron chi connectivity index (χ3n) is 5.16. The normalized spacial score (nSPS) is 18.2. The van der Waals surface area contributed by atoms with Gasteiger partial charge in [-0.05, 0) is 29.8 Å². The highest BCUT2D eigenvalue weighted by atomic mass is 19.4. The smallest absolute Gasteiger partial charge is 0.416 e. The molecule has 1 aromatic heterocycles. The van der Waals surface area contributed by atoms with Crippen LogP contribution in [0.3, 0.4) is 0 Å². The minimum atomic E-state index is -4.54. The standard InChI is InChI=1S/C24H17F3N2O3/c25-24(26,27)17-10-6-7-15(13-17)14-29-20(18-11-4-5-12-28-18)19(22(31)23(29)32)21(30)16-8-2-1-3-9-16/h1-13,20,30H,14H2/b21-19+. The third-order valence-corrected chi connectivity index (χ3v) is 5.16. The molecule has 0 bridgehead atoms. The molecule has 1 fully saturated rings. The van der Waals surface area contributed by atoms with E-state index in [2.05, 4.69) is 4.98 Å². The maximum absolute atomic E-state index is 13.1. The third kappa shape index (κ3) is 3.99. The van der Waals surface area contributed by atoms with E-state index in [0.717, 1.165) is 17.0 Å². The molecule has 2 aromatic carbocycles. The van der Waals surface area contributed by atoms with E-state index < -0.39 is 29.5 Å². The molecule has 0 spiro atoms. The van der Waals surface area contributed by atoms with Crippen molar-refractivity contribution >= 4 is 17.4 Å². The van der Waals surface area contributed by atoms with Crippen LogP contribution in [0, 0.1) is 0 Å². The number of Topliss-reactive ketones (excluding diaryl/α,β-unsaturated/α-hetero) is 1. The lowest BCUT2D eigenvalue weighted by molar-refractivity contribution is -0.140. The minimum absolute atomic E-state index is 0.160. The van der Waals surface area contributed by atoms with Crippen LogP contribution in [-0.2, 0) is 22.3 Å². The highest BCUT2D eigenvalue weighted by Gasteiger charge is 2.46. The molecule has 1 N–H and O–H groups in total. The number of rotatable bonds is 4. The number of benzene rings is 2. The second kappa shape index (κ2) is 8.30. The Labute approximate surface area is 181 Å². The molecule has 8 heteroatoms. The van der Waals surface area contributed by atoms with Crippen molar-refractivity contribution in [3.05, 3.63) is 107 Å². The number of amides is 1. The van der Waals surface area contributed by atoms with Gasteiger partial charge in [0.05, 0.1) is 16.8 Å².